The van der Waals surface area contributed by atoms with Crippen molar-refractivity contribution in [2.24, 2.45) is 0 Å². The summed E-state index contributed by atoms with van der Waals surface area (Å²) < 4.78 is 7.68. The van der Waals surface area contributed by atoms with Gasteiger partial charge in [0.1, 0.15) is 6.54 Å². The predicted octanol–water partition coefficient (Wildman–Crippen LogP) is 2.18. The summed E-state index contributed by atoms with van der Waals surface area (Å²) >= 11 is 0. The van der Waals surface area contributed by atoms with E-state index in [1.807, 2.05) is 24.3 Å². The van der Waals surface area contributed by atoms with Crippen LogP contribution in [0.4, 0.5) is 5.69 Å². The van der Waals surface area contributed by atoms with Crippen LogP contribution in [-0.4, -0.2) is 35.3 Å². The number of anilines is 1. The average molecular weight is 407 g/mol. The van der Waals surface area contributed by atoms with Gasteiger partial charge in [0.2, 0.25) is 5.91 Å². The first-order chi connectivity index (χ1) is 14.6. The number of methoxy groups -OCH3 is 1. The highest BCUT2D eigenvalue weighted by Crippen LogP contribution is 2.27. The van der Waals surface area contributed by atoms with Crippen molar-refractivity contribution in [1.29, 1.82) is 0 Å². The molecule has 1 aliphatic heterocycles. The minimum atomic E-state index is -0.464. The van der Waals surface area contributed by atoms with E-state index in [1.165, 1.54) is 9.13 Å². The molecule has 0 atom stereocenters. The van der Waals surface area contributed by atoms with E-state index in [0.717, 1.165) is 24.1 Å². The number of amides is 1. The molecule has 0 aliphatic carbocycles. The summed E-state index contributed by atoms with van der Waals surface area (Å²) in [5, 5.41) is 0.432. The Kier molecular flexibility index (Phi) is 5.81. The highest BCUT2D eigenvalue weighted by molar-refractivity contribution is 5.95. The molecule has 0 N–H and O–H groups in total. The normalized spacial score (nSPS) is 13.4. The second-order valence-electron chi connectivity index (χ2n) is 7.47. The van der Waals surface area contributed by atoms with Crippen molar-refractivity contribution in [2.75, 3.05) is 25.2 Å². The number of nitrogens with zero attached hydrogens (tertiary/aromatic N) is 3. The van der Waals surface area contributed by atoms with Crippen molar-refractivity contribution in [2.45, 2.75) is 32.4 Å². The highest BCUT2D eigenvalue weighted by atomic mass is 16.5. The summed E-state index contributed by atoms with van der Waals surface area (Å²) in [7, 11) is 1.58. The average Bonchev–Trinajstić information content (AvgIpc) is 2.78. The van der Waals surface area contributed by atoms with Crippen molar-refractivity contribution in [1.82, 2.24) is 9.13 Å². The molecule has 156 valence electrons. The fourth-order valence-corrected chi connectivity index (χ4v) is 4.10. The van der Waals surface area contributed by atoms with Gasteiger partial charge >= 0.3 is 5.69 Å². The molecular formula is C23H25N3O4. The topological polar surface area (TPSA) is 73.5 Å². The van der Waals surface area contributed by atoms with Crippen LogP contribution in [0, 0.1) is 0 Å². The number of hydrogen-bond donors (Lipinski definition) is 0. The summed E-state index contributed by atoms with van der Waals surface area (Å²) in [6.07, 6.45) is 2.36. The van der Waals surface area contributed by atoms with E-state index < -0.39 is 5.69 Å². The summed E-state index contributed by atoms with van der Waals surface area (Å²) in [4.78, 5) is 41.0. The van der Waals surface area contributed by atoms with Crippen LogP contribution >= 0.6 is 0 Å². The number of para-hydroxylation sites is 2. The molecule has 0 spiro atoms. The first kappa shape index (κ1) is 20.1. The van der Waals surface area contributed by atoms with Gasteiger partial charge in [-0.05, 0) is 43.0 Å². The van der Waals surface area contributed by atoms with Crippen LogP contribution in [0.1, 0.15) is 18.4 Å². The molecule has 0 fully saturated rings. The smallest absolute Gasteiger partial charge is 0.331 e. The zero-order valence-corrected chi connectivity index (χ0v) is 17.0. The molecule has 4 rings (SSSR count). The van der Waals surface area contributed by atoms with E-state index in [-0.39, 0.29) is 24.6 Å². The number of aromatic nitrogens is 2. The number of aryl methyl sites for hydroxylation is 1. The Balaban J connectivity index is 1.75. The lowest BCUT2D eigenvalue weighted by Crippen LogP contribution is -2.44. The number of rotatable bonds is 6. The molecule has 3 aromatic rings. The molecule has 0 bridgehead atoms. The molecule has 0 saturated heterocycles. The fourth-order valence-electron chi connectivity index (χ4n) is 4.10. The second-order valence-corrected chi connectivity index (χ2v) is 7.47. The maximum atomic E-state index is 13.2. The van der Waals surface area contributed by atoms with Crippen molar-refractivity contribution in [3.05, 3.63) is 74.9 Å². The van der Waals surface area contributed by atoms with Crippen LogP contribution in [-0.2, 0) is 29.0 Å². The lowest BCUT2D eigenvalue weighted by molar-refractivity contribution is -0.119. The van der Waals surface area contributed by atoms with Crippen molar-refractivity contribution < 1.29 is 9.53 Å². The van der Waals surface area contributed by atoms with E-state index in [0.29, 0.717) is 30.5 Å². The monoisotopic (exact) mass is 407 g/mol. The van der Waals surface area contributed by atoms with E-state index in [9.17, 15) is 14.4 Å². The minimum absolute atomic E-state index is 0.113. The van der Waals surface area contributed by atoms with Crippen LogP contribution in [0.5, 0.6) is 0 Å². The van der Waals surface area contributed by atoms with Gasteiger partial charge in [0.15, 0.2) is 0 Å². The Morgan fingerprint density at radius 3 is 2.63 bits per heavy atom. The molecule has 2 aromatic carbocycles. The molecule has 7 nitrogen and oxygen atoms in total. The number of benzene rings is 2. The van der Waals surface area contributed by atoms with Crippen LogP contribution < -0.4 is 16.1 Å². The van der Waals surface area contributed by atoms with Gasteiger partial charge in [-0.15, -0.1) is 0 Å². The third-order valence-electron chi connectivity index (χ3n) is 5.57. The van der Waals surface area contributed by atoms with Gasteiger partial charge < -0.3 is 9.64 Å². The number of carbonyl (C=O) groups is 1. The molecule has 0 unspecified atom stereocenters. The highest BCUT2D eigenvalue weighted by Gasteiger charge is 2.24. The van der Waals surface area contributed by atoms with Gasteiger partial charge in [0.05, 0.1) is 10.9 Å². The lowest BCUT2D eigenvalue weighted by atomic mass is 10.0. The molecule has 0 radical (unpaired) electrons. The fraction of sp³-hybridized carbons (Fsp3) is 0.348. The van der Waals surface area contributed by atoms with Crippen LogP contribution in [0.2, 0.25) is 0 Å². The molecule has 1 aromatic heterocycles. The predicted molar refractivity (Wildman–Crippen MR) is 116 cm³/mol. The molecule has 2 heterocycles. The Hall–Kier alpha value is -3.19. The van der Waals surface area contributed by atoms with Gasteiger partial charge in [-0.2, -0.15) is 0 Å². The number of carbonyl (C=O) groups excluding carboxylic acids is 1. The van der Waals surface area contributed by atoms with Crippen LogP contribution in [0.3, 0.4) is 0 Å². The van der Waals surface area contributed by atoms with Gasteiger partial charge in [-0.3, -0.25) is 18.7 Å². The molecule has 30 heavy (non-hydrogen) atoms. The zero-order valence-electron chi connectivity index (χ0n) is 17.0. The molecule has 7 heteroatoms. The Morgan fingerprint density at radius 1 is 1.03 bits per heavy atom. The lowest BCUT2D eigenvalue weighted by Gasteiger charge is -2.30. The third-order valence-corrected chi connectivity index (χ3v) is 5.57. The summed E-state index contributed by atoms with van der Waals surface area (Å²) in [6, 6.07) is 14.8. The second kappa shape index (κ2) is 8.67. The van der Waals surface area contributed by atoms with Crippen molar-refractivity contribution >= 4 is 22.5 Å². The summed E-state index contributed by atoms with van der Waals surface area (Å²) in [5.74, 6) is -0.156. The molecular weight excluding hydrogens is 382 g/mol. The Labute approximate surface area is 174 Å². The van der Waals surface area contributed by atoms with Gasteiger partial charge in [-0.25, -0.2) is 4.79 Å². The first-order valence-electron chi connectivity index (χ1n) is 10.2. The third kappa shape index (κ3) is 3.68. The quantitative estimate of drug-likeness (QED) is 0.587. The number of fused-ring (bicyclic) bond motifs is 2. The van der Waals surface area contributed by atoms with Gasteiger partial charge in [-0.1, -0.05) is 30.3 Å². The first-order valence-corrected chi connectivity index (χ1v) is 10.2. The SMILES string of the molecule is COCCCn1c(=O)c2ccccc2n(CC(=O)N2CCCc3ccccc32)c1=O. The Morgan fingerprint density at radius 2 is 1.80 bits per heavy atom. The van der Waals surface area contributed by atoms with E-state index >= 15 is 0 Å². The number of hydrogen-bond acceptors (Lipinski definition) is 4. The van der Waals surface area contributed by atoms with Crippen molar-refractivity contribution in [3.63, 3.8) is 0 Å². The minimum Gasteiger partial charge on any atom is -0.385 e. The summed E-state index contributed by atoms with van der Waals surface area (Å²) in [5.41, 5.74) is 1.72. The maximum Gasteiger partial charge on any atom is 0.331 e. The zero-order chi connectivity index (χ0) is 21.1. The van der Waals surface area contributed by atoms with Crippen LogP contribution in [0.25, 0.3) is 10.9 Å². The Bertz CT molecular complexity index is 1200. The summed E-state index contributed by atoms with van der Waals surface area (Å²) in [6.45, 7) is 1.20. The molecule has 0 saturated carbocycles. The van der Waals surface area contributed by atoms with E-state index in [2.05, 4.69) is 0 Å². The standard InChI is InChI=1S/C23H25N3O4/c1-30-15-7-14-25-22(28)18-10-3-5-12-20(18)26(23(25)29)16-21(27)24-13-6-9-17-8-2-4-11-19(17)24/h2-5,8,10-12H,6-7,9,13-16H2,1H3. The molecule has 1 aliphatic rings. The largest absolute Gasteiger partial charge is 0.385 e. The van der Waals surface area contributed by atoms with Gasteiger partial charge in [0.25, 0.3) is 5.56 Å². The van der Waals surface area contributed by atoms with Crippen molar-refractivity contribution in [3.8, 4) is 0 Å². The van der Waals surface area contributed by atoms with E-state index in [4.69, 9.17) is 4.74 Å². The molecule has 1 amide bonds. The van der Waals surface area contributed by atoms with E-state index in [1.54, 1.807) is 36.3 Å². The van der Waals surface area contributed by atoms with Gasteiger partial charge in [0, 0.05) is 32.5 Å². The number of ether oxygens (including phenoxy) is 1. The van der Waals surface area contributed by atoms with Crippen LogP contribution in [0.15, 0.2) is 58.1 Å². The maximum absolute atomic E-state index is 13.2.